The van der Waals surface area contributed by atoms with Gasteiger partial charge in [0.25, 0.3) is 5.69 Å². The molecule has 4 heteroatoms. The molecule has 0 aromatic heterocycles. The van der Waals surface area contributed by atoms with E-state index < -0.39 is 10.5 Å². The van der Waals surface area contributed by atoms with Crippen molar-refractivity contribution in [3.05, 3.63) is 39.9 Å². The second-order valence-electron chi connectivity index (χ2n) is 4.24. The van der Waals surface area contributed by atoms with Crippen molar-refractivity contribution in [3.8, 4) is 0 Å². The summed E-state index contributed by atoms with van der Waals surface area (Å²) >= 11 is 0. The van der Waals surface area contributed by atoms with Gasteiger partial charge in [0, 0.05) is 12.1 Å². The molecule has 0 saturated carbocycles. The lowest BCUT2D eigenvalue weighted by atomic mass is 9.99. The van der Waals surface area contributed by atoms with Crippen LogP contribution in [0.3, 0.4) is 0 Å². The first-order chi connectivity index (χ1) is 6.88. The predicted molar refractivity (Wildman–Crippen MR) is 57.7 cm³/mol. The summed E-state index contributed by atoms with van der Waals surface area (Å²) in [5.74, 6) is 0. The van der Waals surface area contributed by atoms with Crippen molar-refractivity contribution in [3.63, 3.8) is 0 Å². The van der Waals surface area contributed by atoms with E-state index in [1.165, 1.54) is 6.07 Å². The van der Waals surface area contributed by atoms with Crippen LogP contribution in [0.5, 0.6) is 0 Å². The Bertz CT molecular complexity index is 355. The molecule has 0 aliphatic carbocycles. The summed E-state index contributed by atoms with van der Waals surface area (Å²) < 4.78 is 0. The van der Waals surface area contributed by atoms with E-state index in [2.05, 4.69) is 0 Å². The highest BCUT2D eigenvalue weighted by molar-refractivity contribution is 5.34. The summed E-state index contributed by atoms with van der Waals surface area (Å²) in [6.07, 6.45) is 1.24. The van der Waals surface area contributed by atoms with Gasteiger partial charge in [-0.3, -0.25) is 10.1 Å². The van der Waals surface area contributed by atoms with Gasteiger partial charge in [-0.05, 0) is 32.3 Å². The van der Waals surface area contributed by atoms with Gasteiger partial charge in [0.15, 0.2) is 0 Å². The van der Waals surface area contributed by atoms with Gasteiger partial charge in [-0.2, -0.15) is 0 Å². The minimum atomic E-state index is -0.732. The number of hydrogen-bond acceptors (Lipinski definition) is 3. The van der Waals surface area contributed by atoms with E-state index in [1.807, 2.05) is 6.07 Å². The Morgan fingerprint density at radius 3 is 2.67 bits per heavy atom. The summed E-state index contributed by atoms with van der Waals surface area (Å²) in [7, 11) is 0. The van der Waals surface area contributed by atoms with E-state index in [9.17, 15) is 15.2 Å². The minimum absolute atomic E-state index is 0.100. The first-order valence-electron chi connectivity index (χ1n) is 4.84. The molecule has 82 valence electrons. The Labute approximate surface area is 88.7 Å². The molecule has 0 aliphatic rings. The molecular weight excluding hydrogens is 194 g/mol. The maximum atomic E-state index is 10.5. The van der Waals surface area contributed by atoms with Gasteiger partial charge >= 0.3 is 0 Å². The number of aliphatic hydroxyl groups is 1. The maximum absolute atomic E-state index is 10.5. The molecule has 15 heavy (non-hydrogen) atoms. The zero-order valence-corrected chi connectivity index (χ0v) is 8.93. The van der Waals surface area contributed by atoms with Gasteiger partial charge < -0.3 is 5.11 Å². The molecule has 0 spiro atoms. The number of rotatable bonds is 4. The third-order valence-electron chi connectivity index (χ3n) is 2.15. The lowest BCUT2D eigenvalue weighted by Crippen LogP contribution is -2.19. The number of non-ortho nitro benzene ring substituents is 1. The average molecular weight is 209 g/mol. The molecule has 0 aliphatic heterocycles. The zero-order chi connectivity index (χ0) is 11.5. The lowest BCUT2D eigenvalue weighted by Gasteiger charge is -2.16. The topological polar surface area (TPSA) is 63.4 Å². The van der Waals surface area contributed by atoms with Gasteiger partial charge in [-0.15, -0.1) is 0 Å². The lowest BCUT2D eigenvalue weighted by molar-refractivity contribution is -0.384. The molecule has 0 bridgehead atoms. The number of nitro benzene ring substituents is 1. The average Bonchev–Trinajstić information content (AvgIpc) is 2.14. The molecule has 0 atom stereocenters. The summed E-state index contributed by atoms with van der Waals surface area (Å²) in [4.78, 5) is 10.1. The highest BCUT2D eigenvalue weighted by atomic mass is 16.6. The van der Waals surface area contributed by atoms with Gasteiger partial charge in [0.1, 0.15) is 0 Å². The van der Waals surface area contributed by atoms with Crippen LogP contribution in [-0.2, 0) is 6.42 Å². The van der Waals surface area contributed by atoms with Crippen molar-refractivity contribution in [1.29, 1.82) is 0 Å². The molecule has 0 saturated heterocycles. The largest absolute Gasteiger partial charge is 0.390 e. The van der Waals surface area contributed by atoms with E-state index in [0.717, 1.165) is 5.56 Å². The van der Waals surface area contributed by atoms with Crippen LogP contribution in [0.2, 0.25) is 0 Å². The quantitative estimate of drug-likeness (QED) is 0.611. The SMILES string of the molecule is CC(C)(O)CCc1cccc([N+](=O)[O-])c1. The van der Waals surface area contributed by atoms with E-state index in [0.29, 0.717) is 12.8 Å². The van der Waals surface area contributed by atoms with Crippen LogP contribution in [0.1, 0.15) is 25.8 Å². The van der Waals surface area contributed by atoms with Crippen molar-refractivity contribution < 1.29 is 10.0 Å². The standard InChI is InChI=1S/C11H15NO3/c1-11(2,13)7-6-9-4-3-5-10(8-9)12(14)15/h3-5,8,13H,6-7H2,1-2H3. The van der Waals surface area contributed by atoms with Crippen LogP contribution in [0, 0.1) is 10.1 Å². The van der Waals surface area contributed by atoms with E-state index in [4.69, 9.17) is 0 Å². The highest BCUT2D eigenvalue weighted by Gasteiger charge is 2.13. The molecule has 0 radical (unpaired) electrons. The second-order valence-corrected chi connectivity index (χ2v) is 4.24. The third kappa shape index (κ3) is 4.08. The monoisotopic (exact) mass is 209 g/mol. The van der Waals surface area contributed by atoms with E-state index in [-0.39, 0.29) is 5.69 Å². The second kappa shape index (κ2) is 4.40. The van der Waals surface area contributed by atoms with Crippen molar-refractivity contribution >= 4 is 5.69 Å². The van der Waals surface area contributed by atoms with Crippen molar-refractivity contribution in [2.75, 3.05) is 0 Å². The van der Waals surface area contributed by atoms with Gasteiger partial charge in [-0.1, -0.05) is 12.1 Å². The molecule has 4 nitrogen and oxygen atoms in total. The number of aryl methyl sites for hydroxylation is 1. The molecule has 0 heterocycles. The fourth-order valence-electron chi connectivity index (χ4n) is 1.28. The van der Waals surface area contributed by atoms with Crippen LogP contribution in [0.15, 0.2) is 24.3 Å². The first-order valence-corrected chi connectivity index (χ1v) is 4.84. The fourth-order valence-corrected chi connectivity index (χ4v) is 1.28. The molecule has 0 amide bonds. The van der Waals surface area contributed by atoms with Gasteiger partial charge in [0.05, 0.1) is 10.5 Å². The number of nitrogens with zero attached hydrogens (tertiary/aromatic N) is 1. The Kier molecular flexibility index (Phi) is 3.42. The number of benzene rings is 1. The predicted octanol–water partition coefficient (Wildman–Crippen LogP) is 2.30. The normalized spacial score (nSPS) is 11.4. The first kappa shape index (κ1) is 11.7. The summed E-state index contributed by atoms with van der Waals surface area (Å²) in [6, 6.07) is 6.51. The van der Waals surface area contributed by atoms with E-state index >= 15 is 0 Å². The Morgan fingerprint density at radius 2 is 2.13 bits per heavy atom. The highest BCUT2D eigenvalue weighted by Crippen LogP contribution is 2.17. The van der Waals surface area contributed by atoms with Crippen LogP contribution < -0.4 is 0 Å². The van der Waals surface area contributed by atoms with Crippen LogP contribution in [-0.4, -0.2) is 15.6 Å². The number of hydrogen-bond donors (Lipinski definition) is 1. The molecule has 1 aromatic rings. The van der Waals surface area contributed by atoms with Gasteiger partial charge in [-0.25, -0.2) is 0 Å². The van der Waals surface area contributed by atoms with E-state index in [1.54, 1.807) is 26.0 Å². The minimum Gasteiger partial charge on any atom is -0.390 e. The molecule has 1 N–H and O–H groups in total. The summed E-state index contributed by atoms with van der Waals surface area (Å²) in [5.41, 5.74) is 0.250. The molecule has 1 rings (SSSR count). The maximum Gasteiger partial charge on any atom is 0.269 e. The molecule has 1 aromatic carbocycles. The molecule has 0 unspecified atom stereocenters. The Hall–Kier alpha value is -1.42. The molecule has 0 fully saturated rings. The van der Waals surface area contributed by atoms with Crippen LogP contribution in [0.4, 0.5) is 5.69 Å². The zero-order valence-electron chi connectivity index (χ0n) is 8.93. The van der Waals surface area contributed by atoms with Crippen molar-refractivity contribution in [2.45, 2.75) is 32.3 Å². The van der Waals surface area contributed by atoms with Crippen LogP contribution in [0.25, 0.3) is 0 Å². The van der Waals surface area contributed by atoms with Crippen LogP contribution >= 0.6 is 0 Å². The Balaban J connectivity index is 2.70. The molecular formula is C11H15NO3. The summed E-state index contributed by atoms with van der Waals surface area (Å²) in [5, 5.41) is 20.0. The van der Waals surface area contributed by atoms with Crippen molar-refractivity contribution in [1.82, 2.24) is 0 Å². The van der Waals surface area contributed by atoms with Crippen molar-refractivity contribution in [2.24, 2.45) is 0 Å². The smallest absolute Gasteiger partial charge is 0.269 e. The fraction of sp³-hybridized carbons (Fsp3) is 0.455. The third-order valence-corrected chi connectivity index (χ3v) is 2.15. The van der Waals surface area contributed by atoms with Gasteiger partial charge in [0.2, 0.25) is 0 Å². The Morgan fingerprint density at radius 1 is 1.47 bits per heavy atom. The summed E-state index contributed by atoms with van der Waals surface area (Å²) in [6.45, 7) is 3.45. The number of nitro groups is 1.